The number of carbonyl (C=O) groups excluding carboxylic acids is 1. The maximum absolute atomic E-state index is 13.7. The van der Waals surface area contributed by atoms with Crippen LogP contribution in [0.2, 0.25) is 5.02 Å². The molecule has 146 valence electrons. The Kier molecular flexibility index (Phi) is 5.09. The number of rotatable bonds is 5. The lowest BCUT2D eigenvalue weighted by Crippen LogP contribution is -2.20. The number of benzene rings is 2. The van der Waals surface area contributed by atoms with Gasteiger partial charge in [0.1, 0.15) is 29.6 Å². The molecule has 6 nitrogen and oxygen atoms in total. The third kappa shape index (κ3) is 4.02. The number of nitrogens with zero attached hydrogens (tertiary/aromatic N) is 3. The molecule has 0 fully saturated rings. The van der Waals surface area contributed by atoms with Crippen LogP contribution in [0.25, 0.3) is 23.0 Å². The smallest absolute Gasteiger partial charge is 0.274 e. The molecule has 4 rings (SSSR count). The van der Waals surface area contributed by atoms with Crippen molar-refractivity contribution >= 4 is 23.2 Å². The minimum Gasteiger partial charge on any atom is -0.334 e. The van der Waals surface area contributed by atoms with E-state index in [4.69, 9.17) is 16.1 Å². The van der Waals surface area contributed by atoms with Crippen LogP contribution in [0.4, 0.5) is 14.5 Å². The number of carbonyl (C=O) groups is 1. The van der Waals surface area contributed by atoms with Crippen molar-refractivity contribution in [2.75, 3.05) is 5.32 Å². The van der Waals surface area contributed by atoms with Crippen LogP contribution in [-0.4, -0.2) is 20.6 Å². The van der Waals surface area contributed by atoms with Crippen LogP contribution in [-0.2, 0) is 11.3 Å². The first-order valence-electron chi connectivity index (χ1n) is 8.50. The van der Waals surface area contributed by atoms with Crippen molar-refractivity contribution in [2.24, 2.45) is 0 Å². The summed E-state index contributed by atoms with van der Waals surface area (Å²) < 4.78 is 34.3. The van der Waals surface area contributed by atoms with Gasteiger partial charge in [-0.05, 0) is 48.5 Å². The Labute approximate surface area is 168 Å². The number of amides is 1. The van der Waals surface area contributed by atoms with Crippen molar-refractivity contribution < 1.29 is 18.1 Å². The van der Waals surface area contributed by atoms with Crippen molar-refractivity contribution in [1.82, 2.24) is 14.7 Å². The minimum absolute atomic E-state index is 0.199. The zero-order valence-electron chi connectivity index (χ0n) is 14.8. The summed E-state index contributed by atoms with van der Waals surface area (Å²) in [4.78, 5) is 16.6. The summed E-state index contributed by atoms with van der Waals surface area (Å²) in [6, 6.07) is 13.7. The van der Waals surface area contributed by atoms with Crippen LogP contribution in [0.1, 0.15) is 0 Å². The summed E-state index contributed by atoms with van der Waals surface area (Å²) in [5.74, 6) is -1.75. The van der Waals surface area contributed by atoms with Crippen molar-refractivity contribution in [3.8, 4) is 23.0 Å². The second kappa shape index (κ2) is 7.84. The highest BCUT2D eigenvalue weighted by Gasteiger charge is 2.17. The summed E-state index contributed by atoms with van der Waals surface area (Å²) in [5.41, 5.74) is 0.714. The van der Waals surface area contributed by atoms with E-state index in [9.17, 15) is 13.6 Å². The van der Waals surface area contributed by atoms with Crippen LogP contribution < -0.4 is 5.32 Å². The second-order valence-corrected chi connectivity index (χ2v) is 6.53. The molecular formula is C20H13ClF2N4O2. The van der Waals surface area contributed by atoms with Gasteiger partial charge >= 0.3 is 0 Å². The summed E-state index contributed by atoms with van der Waals surface area (Å²) in [6.45, 7) is -0.200. The third-order valence-electron chi connectivity index (χ3n) is 4.12. The summed E-state index contributed by atoms with van der Waals surface area (Å²) >= 11 is 5.88. The predicted molar refractivity (Wildman–Crippen MR) is 103 cm³/mol. The molecule has 1 N–H and O–H groups in total. The number of hydrogen-bond donors (Lipinski definition) is 1. The first-order chi connectivity index (χ1) is 14.0. The summed E-state index contributed by atoms with van der Waals surface area (Å²) in [6.07, 6.45) is 1.62. The van der Waals surface area contributed by atoms with Gasteiger partial charge in [-0.2, -0.15) is 4.98 Å². The molecule has 1 amide bonds. The summed E-state index contributed by atoms with van der Waals surface area (Å²) in [5, 5.41) is 6.77. The quantitative estimate of drug-likeness (QED) is 0.510. The SMILES string of the molecule is O=C(Cn1cccc1-c1nc(-c2ccc(Cl)cc2)no1)Nc1c(F)cccc1F. The molecule has 4 aromatic rings. The highest BCUT2D eigenvalue weighted by molar-refractivity contribution is 6.30. The topological polar surface area (TPSA) is 73.0 Å². The van der Waals surface area contributed by atoms with Crippen molar-refractivity contribution in [1.29, 1.82) is 0 Å². The highest BCUT2D eigenvalue weighted by Crippen LogP contribution is 2.24. The van der Waals surface area contributed by atoms with E-state index in [0.29, 0.717) is 16.5 Å². The molecule has 9 heteroatoms. The Morgan fingerprint density at radius 2 is 1.79 bits per heavy atom. The zero-order valence-corrected chi connectivity index (χ0v) is 15.5. The zero-order chi connectivity index (χ0) is 20.4. The number of halogens is 3. The Balaban J connectivity index is 1.53. The molecule has 0 radical (unpaired) electrons. The standard InChI is InChI=1S/C20H13ClF2N4O2/c21-13-8-6-12(7-9-13)19-25-20(29-26-19)16-5-2-10-27(16)11-17(28)24-18-14(22)3-1-4-15(18)23/h1-10H,11H2,(H,24,28). The molecule has 0 unspecified atom stereocenters. The van der Waals surface area contributed by atoms with Crippen LogP contribution in [0.5, 0.6) is 0 Å². The van der Waals surface area contributed by atoms with Gasteiger partial charge in [0, 0.05) is 16.8 Å². The first-order valence-corrected chi connectivity index (χ1v) is 8.88. The number of aromatic nitrogens is 3. The molecule has 2 heterocycles. The van der Waals surface area contributed by atoms with Gasteiger partial charge in [-0.3, -0.25) is 4.79 Å². The van der Waals surface area contributed by atoms with Crippen molar-refractivity contribution in [3.05, 3.63) is 77.5 Å². The third-order valence-corrected chi connectivity index (χ3v) is 4.37. The largest absolute Gasteiger partial charge is 0.334 e. The summed E-state index contributed by atoms with van der Waals surface area (Å²) in [7, 11) is 0. The molecule has 0 aliphatic carbocycles. The van der Waals surface area contributed by atoms with E-state index in [-0.39, 0.29) is 12.4 Å². The number of anilines is 1. The molecule has 0 bridgehead atoms. The maximum Gasteiger partial charge on any atom is 0.274 e. The van der Waals surface area contributed by atoms with Gasteiger partial charge in [0.15, 0.2) is 0 Å². The lowest BCUT2D eigenvalue weighted by molar-refractivity contribution is -0.116. The van der Waals surface area contributed by atoms with Gasteiger partial charge in [-0.25, -0.2) is 8.78 Å². The maximum atomic E-state index is 13.7. The van der Waals surface area contributed by atoms with Crippen LogP contribution in [0.15, 0.2) is 65.3 Å². The molecule has 2 aromatic heterocycles. The van der Waals surface area contributed by atoms with E-state index in [1.165, 1.54) is 10.6 Å². The van der Waals surface area contributed by atoms with Gasteiger partial charge < -0.3 is 14.4 Å². The number of para-hydroxylation sites is 1. The second-order valence-electron chi connectivity index (χ2n) is 6.10. The fraction of sp³-hybridized carbons (Fsp3) is 0.0500. The highest BCUT2D eigenvalue weighted by atomic mass is 35.5. The predicted octanol–water partition coefficient (Wildman–Crippen LogP) is 4.78. The van der Waals surface area contributed by atoms with E-state index in [1.54, 1.807) is 42.6 Å². The fourth-order valence-electron chi connectivity index (χ4n) is 2.74. The van der Waals surface area contributed by atoms with Crippen molar-refractivity contribution in [3.63, 3.8) is 0 Å². The number of hydrogen-bond acceptors (Lipinski definition) is 4. The molecule has 0 spiro atoms. The average molecular weight is 415 g/mol. The first kappa shape index (κ1) is 18.8. The molecule has 0 aliphatic rings. The lowest BCUT2D eigenvalue weighted by atomic mass is 10.2. The van der Waals surface area contributed by atoms with E-state index in [2.05, 4.69) is 15.5 Å². The average Bonchev–Trinajstić information content (AvgIpc) is 3.35. The van der Waals surface area contributed by atoms with Gasteiger partial charge in [0.25, 0.3) is 5.89 Å². The Bertz CT molecular complexity index is 1150. The van der Waals surface area contributed by atoms with Gasteiger partial charge in [0.2, 0.25) is 11.7 Å². The monoisotopic (exact) mass is 414 g/mol. The molecule has 0 aliphatic heterocycles. The van der Waals surface area contributed by atoms with Crippen LogP contribution in [0.3, 0.4) is 0 Å². The molecule has 0 saturated heterocycles. The van der Waals surface area contributed by atoms with E-state index in [1.807, 2.05) is 0 Å². The minimum atomic E-state index is -0.851. The molecule has 0 atom stereocenters. The molecule has 2 aromatic carbocycles. The Hall–Kier alpha value is -3.52. The number of nitrogens with one attached hydrogen (secondary N) is 1. The van der Waals surface area contributed by atoms with Crippen molar-refractivity contribution in [2.45, 2.75) is 6.54 Å². The Morgan fingerprint density at radius 1 is 1.07 bits per heavy atom. The fourth-order valence-corrected chi connectivity index (χ4v) is 2.87. The van der Waals surface area contributed by atoms with Gasteiger partial charge in [-0.15, -0.1) is 0 Å². The molecule has 29 heavy (non-hydrogen) atoms. The normalized spacial score (nSPS) is 10.9. The lowest BCUT2D eigenvalue weighted by Gasteiger charge is -2.09. The van der Waals surface area contributed by atoms with Gasteiger partial charge in [-0.1, -0.05) is 22.8 Å². The molecule has 0 saturated carbocycles. The van der Waals surface area contributed by atoms with Crippen LogP contribution >= 0.6 is 11.6 Å². The van der Waals surface area contributed by atoms with E-state index in [0.717, 1.165) is 17.7 Å². The van der Waals surface area contributed by atoms with E-state index >= 15 is 0 Å². The van der Waals surface area contributed by atoms with Crippen LogP contribution in [0, 0.1) is 11.6 Å². The van der Waals surface area contributed by atoms with Gasteiger partial charge in [0.05, 0.1) is 0 Å². The molecular weight excluding hydrogens is 402 g/mol. The van der Waals surface area contributed by atoms with E-state index < -0.39 is 23.2 Å². The Morgan fingerprint density at radius 3 is 2.52 bits per heavy atom.